The van der Waals surface area contributed by atoms with Crippen LogP contribution in [0.15, 0.2) is 0 Å². The summed E-state index contributed by atoms with van der Waals surface area (Å²) >= 11 is 0. The Morgan fingerprint density at radius 3 is 2.90 bits per heavy atom. The molecule has 1 aliphatic rings. The number of nitrogens with one attached hydrogen (secondary N) is 1. The van der Waals surface area contributed by atoms with Gasteiger partial charge in [0.15, 0.2) is 0 Å². The number of aliphatic hydroxyl groups is 1. The first-order valence-corrected chi connectivity index (χ1v) is 3.24. The van der Waals surface area contributed by atoms with E-state index in [4.69, 9.17) is 16.3 Å². The molecular weight excluding hydrogens is 130 g/mol. The van der Waals surface area contributed by atoms with E-state index in [-0.39, 0.29) is 6.61 Å². The van der Waals surface area contributed by atoms with Crippen LogP contribution in [0.25, 0.3) is 0 Å². The molecule has 0 spiro atoms. The van der Waals surface area contributed by atoms with Crippen LogP contribution in [0.2, 0.25) is 0 Å². The van der Waals surface area contributed by atoms with E-state index in [1.807, 2.05) is 0 Å². The summed E-state index contributed by atoms with van der Waals surface area (Å²) in [5.41, 5.74) is -0.627. The normalized spacial score (nSPS) is 33.2. The van der Waals surface area contributed by atoms with E-state index >= 15 is 0 Å². The van der Waals surface area contributed by atoms with Gasteiger partial charge in [-0.05, 0) is 0 Å². The molecule has 1 rings (SSSR count). The Hall–Kier alpha value is -0.560. The minimum atomic E-state index is -0.627. The molecule has 3 nitrogen and oxygen atoms in total. The minimum absolute atomic E-state index is 0.0660. The zero-order chi connectivity index (χ0) is 7.45. The summed E-state index contributed by atoms with van der Waals surface area (Å²) in [6.45, 7) is 1.72. The minimum Gasteiger partial charge on any atom is -0.393 e. The smallest absolute Gasteiger partial charge is 0.127 e. The Bertz CT molecular complexity index is 144. The summed E-state index contributed by atoms with van der Waals surface area (Å²) in [5.74, 6) is 2.48. The van der Waals surface area contributed by atoms with Crippen molar-refractivity contribution < 1.29 is 9.84 Å². The monoisotopic (exact) mass is 141 g/mol. The van der Waals surface area contributed by atoms with E-state index in [0.29, 0.717) is 19.8 Å². The molecule has 1 heterocycles. The first kappa shape index (κ1) is 7.55. The molecule has 1 atom stereocenters. The van der Waals surface area contributed by atoms with Crippen molar-refractivity contribution in [1.29, 1.82) is 0 Å². The van der Waals surface area contributed by atoms with Gasteiger partial charge in [0, 0.05) is 6.54 Å². The lowest BCUT2D eigenvalue weighted by molar-refractivity contribution is 0.0263. The van der Waals surface area contributed by atoms with Crippen molar-refractivity contribution in [2.45, 2.75) is 5.54 Å². The second-order valence-corrected chi connectivity index (χ2v) is 2.36. The highest BCUT2D eigenvalue weighted by atomic mass is 16.5. The standard InChI is InChI=1S/C7H11NO2/c1-2-7(5-9)6-10-4-3-8-7/h1,8-9H,3-6H2. The maximum absolute atomic E-state index is 8.86. The largest absolute Gasteiger partial charge is 0.393 e. The van der Waals surface area contributed by atoms with Gasteiger partial charge >= 0.3 is 0 Å². The number of rotatable bonds is 1. The second kappa shape index (κ2) is 3.02. The Morgan fingerprint density at radius 2 is 2.60 bits per heavy atom. The predicted octanol–water partition coefficient (Wildman–Crippen LogP) is -1.03. The molecule has 3 heteroatoms. The van der Waals surface area contributed by atoms with Crippen LogP contribution in [-0.2, 0) is 4.74 Å². The molecule has 2 N–H and O–H groups in total. The molecule has 0 bridgehead atoms. The second-order valence-electron chi connectivity index (χ2n) is 2.36. The zero-order valence-electron chi connectivity index (χ0n) is 5.76. The molecule has 10 heavy (non-hydrogen) atoms. The SMILES string of the molecule is C#CC1(CO)COCCN1. The topological polar surface area (TPSA) is 41.5 Å². The number of morpholine rings is 1. The average molecular weight is 141 g/mol. The average Bonchev–Trinajstić information content (AvgIpc) is 2.06. The van der Waals surface area contributed by atoms with Crippen LogP contribution in [0, 0.1) is 12.3 Å². The van der Waals surface area contributed by atoms with Crippen molar-refractivity contribution >= 4 is 0 Å². The number of aliphatic hydroxyl groups excluding tert-OH is 1. The lowest BCUT2D eigenvalue weighted by atomic mass is 10.0. The number of ether oxygens (including phenoxy) is 1. The summed E-state index contributed by atoms with van der Waals surface area (Å²) in [6, 6.07) is 0. The van der Waals surface area contributed by atoms with E-state index in [1.165, 1.54) is 0 Å². The molecule has 1 saturated heterocycles. The molecular formula is C7H11NO2. The molecule has 1 fully saturated rings. The fraction of sp³-hybridized carbons (Fsp3) is 0.714. The number of terminal acetylenes is 1. The van der Waals surface area contributed by atoms with Crippen molar-refractivity contribution in [3.05, 3.63) is 0 Å². The van der Waals surface area contributed by atoms with Gasteiger partial charge in [-0.1, -0.05) is 5.92 Å². The van der Waals surface area contributed by atoms with Gasteiger partial charge in [0.2, 0.25) is 0 Å². The first-order valence-electron chi connectivity index (χ1n) is 3.24. The van der Waals surface area contributed by atoms with Gasteiger partial charge < -0.3 is 9.84 Å². The molecule has 1 aliphatic heterocycles. The third-order valence-electron chi connectivity index (χ3n) is 1.60. The van der Waals surface area contributed by atoms with Crippen LogP contribution in [-0.4, -0.2) is 37.0 Å². The van der Waals surface area contributed by atoms with E-state index in [2.05, 4.69) is 11.2 Å². The van der Waals surface area contributed by atoms with Gasteiger partial charge in [0.1, 0.15) is 5.54 Å². The quantitative estimate of drug-likeness (QED) is 0.459. The molecule has 0 aromatic rings. The van der Waals surface area contributed by atoms with Gasteiger partial charge in [0.25, 0.3) is 0 Å². The van der Waals surface area contributed by atoms with Gasteiger partial charge in [-0.15, -0.1) is 6.42 Å². The van der Waals surface area contributed by atoms with Crippen LogP contribution in [0.5, 0.6) is 0 Å². The van der Waals surface area contributed by atoms with Crippen molar-refractivity contribution in [1.82, 2.24) is 5.32 Å². The summed E-state index contributed by atoms with van der Waals surface area (Å²) in [4.78, 5) is 0. The third-order valence-corrected chi connectivity index (χ3v) is 1.60. The van der Waals surface area contributed by atoms with Crippen LogP contribution in [0.1, 0.15) is 0 Å². The molecule has 0 saturated carbocycles. The molecule has 0 aliphatic carbocycles. The number of hydrogen-bond acceptors (Lipinski definition) is 3. The van der Waals surface area contributed by atoms with Crippen molar-refractivity contribution in [2.75, 3.05) is 26.4 Å². The van der Waals surface area contributed by atoms with Crippen molar-refractivity contribution in [3.63, 3.8) is 0 Å². The first-order chi connectivity index (χ1) is 4.83. The Balaban J connectivity index is 2.55. The molecule has 0 aromatic carbocycles. The Morgan fingerprint density at radius 1 is 1.80 bits per heavy atom. The number of hydrogen-bond donors (Lipinski definition) is 2. The van der Waals surface area contributed by atoms with Crippen LogP contribution in [0.4, 0.5) is 0 Å². The molecule has 0 aromatic heterocycles. The molecule has 0 radical (unpaired) electrons. The maximum atomic E-state index is 8.86. The summed E-state index contributed by atoms with van der Waals surface area (Å²) in [5, 5.41) is 11.9. The lowest BCUT2D eigenvalue weighted by Crippen LogP contribution is -2.55. The van der Waals surface area contributed by atoms with Gasteiger partial charge in [-0.25, -0.2) is 0 Å². The highest BCUT2D eigenvalue weighted by Gasteiger charge is 2.28. The summed E-state index contributed by atoms with van der Waals surface area (Å²) < 4.78 is 5.10. The van der Waals surface area contributed by atoms with Crippen molar-refractivity contribution in [3.8, 4) is 12.3 Å². The highest BCUT2D eigenvalue weighted by molar-refractivity contribution is 5.14. The van der Waals surface area contributed by atoms with Crippen molar-refractivity contribution in [2.24, 2.45) is 0 Å². The van der Waals surface area contributed by atoms with E-state index in [9.17, 15) is 0 Å². The zero-order valence-corrected chi connectivity index (χ0v) is 5.76. The van der Waals surface area contributed by atoms with E-state index < -0.39 is 5.54 Å². The van der Waals surface area contributed by atoms with Gasteiger partial charge in [-0.2, -0.15) is 0 Å². The third kappa shape index (κ3) is 1.29. The van der Waals surface area contributed by atoms with Crippen LogP contribution < -0.4 is 5.32 Å². The summed E-state index contributed by atoms with van der Waals surface area (Å²) in [7, 11) is 0. The molecule has 1 unspecified atom stereocenters. The highest BCUT2D eigenvalue weighted by Crippen LogP contribution is 2.06. The van der Waals surface area contributed by atoms with Gasteiger partial charge in [-0.3, -0.25) is 5.32 Å². The Labute approximate surface area is 60.4 Å². The lowest BCUT2D eigenvalue weighted by Gasteiger charge is -2.31. The Kier molecular flexibility index (Phi) is 2.28. The fourth-order valence-electron chi connectivity index (χ4n) is 0.900. The maximum Gasteiger partial charge on any atom is 0.127 e. The predicted molar refractivity (Wildman–Crippen MR) is 37.5 cm³/mol. The van der Waals surface area contributed by atoms with Crippen LogP contribution >= 0.6 is 0 Å². The molecule has 0 amide bonds. The van der Waals surface area contributed by atoms with E-state index in [1.54, 1.807) is 0 Å². The van der Waals surface area contributed by atoms with Gasteiger partial charge in [0.05, 0.1) is 19.8 Å². The molecule has 56 valence electrons. The van der Waals surface area contributed by atoms with Crippen LogP contribution in [0.3, 0.4) is 0 Å². The summed E-state index contributed by atoms with van der Waals surface area (Å²) in [6.07, 6.45) is 5.20. The fourth-order valence-corrected chi connectivity index (χ4v) is 0.900. The van der Waals surface area contributed by atoms with E-state index in [0.717, 1.165) is 0 Å².